The molecule has 0 aliphatic carbocycles. The highest BCUT2D eigenvalue weighted by Gasteiger charge is 2.36. The summed E-state index contributed by atoms with van der Waals surface area (Å²) in [6, 6.07) is 16.5. The van der Waals surface area contributed by atoms with Gasteiger partial charge < -0.3 is 9.47 Å². The van der Waals surface area contributed by atoms with E-state index in [0.717, 1.165) is 34.5 Å². The summed E-state index contributed by atoms with van der Waals surface area (Å²) < 4.78 is 13.3. The molecule has 9 heteroatoms. The van der Waals surface area contributed by atoms with E-state index in [9.17, 15) is 0 Å². The molecule has 9 nitrogen and oxygen atoms in total. The second-order valence-corrected chi connectivity index (χ2v) is 7.73. The largest absolute Gasteiger partial charge is 0.347 e. The van der Waals surface area contributed by atoms with Gasteiger partial charge in [-0.15, -0.1) is 10.2 Å². The maximum Gasteiger partial charge on any atom is 0.231 e. The van der Waals surface area contributed by atoms with Crippen LogP contribution in [-0.4, -0.2) is 49.6 Å². The van der Waals surface area contributed by atoms with Crippen molar-refractivity contribution in [2.45, 2.75) is 45.4 Å². The van der Waals surface area contributed by atoms with Gasteiger partial charge in [-0.1, -0.05) is 61.9 Å². The van der Waals surface area contributed by atoms with E-state index in [1.165, 1.54) is 0 Å². The van der Waals surface area contributed by atoms with Crippen LogP contribution in [0.3, 0.4) is 0 Å². The van der Waals surface area contributed by atoms with E-state index in [1.54, 1.807) is 14.2 Å². The molecule has 0 atom stereocenters. The van der Waals surface area contributed by atoms with Crippen molar-refractivity contribution in [1.82, 2.24) is 35.4 Å². The van der Waals surface area contributed by atoms with Crippen LogP contribution >= 0.6 is 0 Å². The third-order valence-corrected chi connectivity index (χ3v) is 5.77. The van der Waals surface area contributed by atoms with Gasteiger partial charge in [0.25, 0.3) is 0 Å². The van der Waals surface area contributed by atoms with Crippen molar-refractivity contribution in [2.24, 2.45) is 0 Å². The zero-order chi connectivity index (χ0) is 23.3. The summed E-state index contributed by atoms with van der Waals surface area (Å²) in [6.45, 7) is 4.86. The molecule has 0 saturated carbocycles. The molecule has 172 valence electrons. The summed E-state index contributed by atoms with van der Waals surface area (Å²) in [5, 5.41) is 19.2. The van der Waals surface area contributed by atoms with Crippen molar-refractivity contribution in [3.05, 3.63) is 65.7 Å². The van der Waals surface area contributed by atoms with E-state index in [0.29, 0.717) is 31.0 Å². The number of tetrazole rings is 1. The lowest BCUT2D eigenvalue weighted by atomic mass is 9.98. The summed E-state index contributed by atoms with van der Waals surface area (Å²) in [4.78, 5) is 4.81. The van der Waals surface area contributed by atoms with E-state index in [2.05, 4.69) is 64.8 Å². The van der Waals surface area contributed by atoms with Gasteiger partial charge in [0.15, 0.2) is 0 Å². The fraction of sp³-hybridized carbons (Fsp3) is 0.375. The number of ether oxygens (including phenoxy) is 2. The van der Waals surface area contributed by atoms with Crippen LogP contribution in [0.5, 0.6) is 0 Å². The third-order valence-electron chi connectivity index (χ3n) is 5.77. The maximum absolute atomic E-state index is 5.71. The molecular weight excluding hydrogens is 418 g/mol. The molecule has 4 rings (SSSR count). The Morgan fingerprint density at radius 1 is 0.970 bits per heavy atom. The Balaban J connectivity index is 1.60. The highest BCUT2D eigenvalue weighted by Crippen LogP contribution is 2.31. The minimum Gasteiger partial charge on any atom is -0.347 e. The number of rotatable bonds is 10. The molecule has 2 aromatic carbocycles. The van der Waals surface area contributed by atoms with Crippen LogP contribution in [0, 0.1) is 0 Å². The summed E-state index contributed by atoms with van der Waals surface area (Å²) >= 11 is 0. The number of hydrogen-bond acceptors (Lipinski definition) is 7. The molecule has 0 aliphatic rings. The Morgan fingerprint density at radius 2 is 1.70 bits per heavy atom. The molecule has 0 amide bonds. The minimum atomic E-state index is -0.924. The molecule has 1 N–H and O–H groups in total. The molecule has 0 fully saturated rings. The number of nitrogens with one attached hydrogen (secondary N) is 1. The Morgan fingerprint density at radius 3 is 2.30 bits per heavy atom. The Hall–Kier alpha value is -3.43. The lowest BCUT2D eigenvalue weighted by Gasteiger charge is -2.27. The molecule has 0 radical (unpaired) electrons. The summed E-state index contributed by atoms with van der Waals surface area (Å²) in [6.07, 6.45) is 2.23. The van der Waals surface area contributed by atoms with Crippen LogP contribution in [0.15, 0.2) is 48.5 Å². The predicted octanol–water partition coefficient (Wildman–Crippen LogP) is 3.98. The van der Waals surface area contributed by atoms with E-state index >= 15 is 0 Å². The van der Waals surface area contributed by atoms with Crippen molar-refractivity contribution in [1.29, 1.82) is 0 Å². The van der Waals surface area contributed by atoms with Gasteiger partial charge in [-0.2, -0.15) is 10.3 Å². The number of aromatic nitrogens is 7. The van der Waals surface area contributed by atoms with Gasteiger partial charge in [-0.25, -0.2) is 9.67 Å². The first-order valence-electron chi connectivity index (χ1n) is 11.1. The van der Waals surface area contributed by atoms with Crippen molar-refractivity contribution in [3.8, 4) is 22.5 Å². The summed E-state index contributed by atoms with van der Waals surface area (Å²) in [7, 11) is 3.27. The number of hydrogen-bond donors (Lipinski definition) is 1. The van der Waals surface area contributed by atoms with Gasteiger partial charge in [0, 0.05) is 39.2 Å². The van der Waals surface area contributed by atoms with E-state index < -0.39 is 5.79 Å². The quantitative estimate of drug-likeness (QED) is 0.367. The zero-order valence-corrected chi connectivity index (χ0v) is 19.4. The third kappa shape index (κ3) is 4.55. The van der Waals surface area contributed by atoms with Crippen molar-refractivity contribution in [2.75, 3.05) is 14.2 Å². The van der Waals surface area contributed by atoms with Gasteiger partial charge in [-0.3, -0.25) is 0 Å². The Bertz CT molecular complexity index is 1170. The second-order valence-electron chi connectivity index (χ2n) is 7.73. The maximum atomic E-state index is 5.71. The molecule has 2 aromatic heterocycles. The number of aromatic amines is 1. The average molecular weight is 448 g/mol. The first-order valence-corrected chi connectivity index (χ1v) is 11.1. The standard InChI is InChI=1S/C24H29N7O2/c1-5-15-24(32-3,33-4)23-25-21(31(6-2)28-23)16-17-11-13-18(14-12-17)19-9-7-8-10-20(19)22-26-29-30-27-22/h7-14H,5-6,15-16H2,1-4H3,(H,26,27,29,30). The molecule has 0 unspecified atom stereocenters. The van der Waals surface area contributed by atoms with Crippen molar-refractivity contribution in [3.63, 3.8) is 0 Å². The lowest BCUT2D eigenvalue weighted by molar-refractivity contribution is -0.225. The second kappa shape index (κ2) is 10.0. The van der Waals surface area contributed by atoms with E-state index in [-0.39, 0.29) is 0 Å². The van der Waals surface area contributed by atoms with E-state index in [4.69, 9.17) is 19.6 Å². The van der Waals surface area contributed by atoms with Gasteiger partial charge in [0.05, 0.1) is 0 Å². The van der Waals surface area contributed by atoms with Crippen molar-refractivity contribution >= 4 is 0 Å². The Labute approximate surface area is 193 Å². The molecular formula is C24H29N7O2. The monoisotopic (exact) mass is 447 g/mol. The van der Waals surface area contributed by atoms with E-state index in [1.807, 2.05) is 22.9 Å². The number of methoxy groups -OCH3 is 2. The SMILES string of the molecule is CCCC(OC)(OC)c1nc(Cc2ccc(-c3ccccc3-c3nn[nH]n3)cc2)n(CC)n1. The van der Waals surface area contributed by atoms with Gasteiger partial charge in [0.2, 0.25) is 17.4 Å². The number of aryl methyl sites for hydroxylation is 1. The number of H-pyrrole nitrogens is 1. The smallest absolute Gasteiger partial charge is 0.231 e. The van der Waals surface area contributed by atoms with Gasteiger partial charge >= 0.3 is 0 Å². The topological polar surface area (TPSA) is 104 Å². The predicted molar refractivity (Wildman–Crippen MR) is 124 cm³/mol. The van der Waals surface area contributed by atoms with Gasteiger partial charge in [-0.05, 0) is 28.8 Å². The molecule has 4 aromatic rings. The number of nitrogens with zero attached hydrogens (tertiary/aromatic N) is 6. The van der Waals surface area contributed by atoms with Crippen LogP contribution in [0.1, 0.15) is 43.9 Å². The molecule has 33 heavy (non-hydrogen) atoms. The zero-order valence-electron chi connectivity index (χ0n) is 19.4. The van der Waals surface area contributed by atoms with Crippen LogP contribution in [0.25, 0.3) is 22.5 Å². The lowest BCUT2D eigenvalue weighted by Crippen LogP contribution is -2.32. The van der Waals surface area contributed by atoms with Crippen LogP contribution in [-0.2, 0) is 28.2 Å². The number of benzene rings is 2. The highest BCUT2D eigenvalue weighted by atomic mass is 16.7. The fourth-order valence-corrected chi connectivity index (χ4v) is 4.02. The fourth-order valence-electron chi connectivity index (χ4n) is 4.02. The van der Waals surface area contributed by atoms with Crippen molar-refractivity contribution < 1.29 is 9.47 Å². The average Bonchev–Trinajstić information content (AvgIpc) is 3.54. The first kappa shape index (κ1) is 22.8. The molecule has 0 bridgehead atoms. The van der Waals surface area contributed by atoms with Crippen LogP contribution in [0.2, 0.25) is 0 Å². The highest BCUT2D eigenvalue weighted by molar-refractivity contribution is 5.80. The summed E-state index contributed by atoms with van der Waals surface area (Å²) in [5.74, 6) is 1.09. The minimum absolute atomic E-state index is 0.567. The molecule has 0 spiro atoms. The van der Waals surface area contributed by atoms with Gasteiger partial charge in [0.1, 0.15) is 5.82 Å². The normalized spacial score (nSPS) is 11.8. The summed E-state index contributed by atoms with van der Waals surface area (Å²) in [5.41, 5.74) is 4.20. The Kier molecular flexibility index (Phi) is 6.90. The van der Waals surface area contributed by atoms with Crippen LogP contribution < -0.4 is 0 Å². The first-order chi connectivity index (χ1) is 16.1. The molecule has 0 aliphatic heterocycles. The van der Waals surface area contributed by atoms with Crippen LogP contribution in [0.4, 0.5) is 0 Å². The molecule has 0 saturated heterocycles. The molecule has 2 heterocycles.